The molecule has 4 rings (SSSR count). The maximum absolute atomic E-state index is 12.3. The minimum absolute atomic E-state index is 0.0655. The molecule has 1 amide bonds. The Morgan fingerprint density at radius 3 is 2.68 bits per heavy atom. The lowest BCUT2D eigenvalue weighted by molar-refractivity contribution is -0.117. The monoisotopic (exact) mass is 333 g/mol. The molecule has 4 heteroatoms. The molecule has 0 bridgehead atoms. The van der Waals surface area contributed by atoms with Gasteiger partial charge in [-0.3, -0.25) is 9.69 Å². The number of anilines is 1. The number of carbonyl (C=O) groups excluding carboxylic acids is 1. The maximum Gasteiger partial charge on any atom is 0.238 e. The zero-order chi connectivity index (χ0) is 17.1. The second kappa shape index (κ2) is 7.11. The van der Waals surface area contributed by atoms with Gasteiger partial charge in [0.25, 0.3) is 0 Å². The molecule has 1 aliphatic rings. The van der Waals surface area contributed by atoms with Crippen LogP contribution in [0, 0.1) is 0 Å². The summed E-state index contributed by atoms with van der Waals surface area (Å²) < 4.78 is 0. The van der Waals surface area contributed by atoms with Gasteiger partial charge in [0.05, 0.1) is 6.54 Å². The number of H-pyrrole nitrogens is 1. The number of fused-ring (bicyclic) bond motifs is 1. The highest BCUT2D eigenvalue weighted by molar-refractivity contribution is 5.93. The minimum Gasteiger partial charge on any atom is -0.355 e. The Kier molecular flexibility index (Phi) is 4.53. The van der Waals surface area contributed by atoms with E-state index in [1.807, 2.05) is 30.3 Å². The van der Waals surface area contributed by atoms with Gasteiger partial charge >= 0.3 is 0 Å². The third-order valence-electron chi connectivity index (χ3n) is 4.80. The van der Waals surface area contributed by atoms with Gasteiger partial charge in [0.2, 0.25) is 5.91 Å². The normalized spacial score (nSPS) is 15.4. The lowest BCUT2D eigenvalue weighted by Gasteiger charge is -2.25. The molecule has 3 aromatic rings. The maximum atomic E-state index is 12.3. The first-order chi connectivity index (χ1) is 12.3. The van der Waals surface area contributed by atoms with E-state index in [9.17, 15) is 4.79 Å². The van der Waals surface area contributed by atoms with Gasteiger partial charge in [0.15, 0.2) is 0 Å². The van der Waals surface area contributed by atoms with E-state index in [-0.39, 0.29) is 5.91 Å². The van der Waals surface area contributed by atoms with Crippen molar-refractivity contribution in [3.05, 3.63) is 54.6 Å². The molecule has 0 aliphatic carbocycles. The van der Waals surface area contributed by atoms with Crippen LogP contribution in [-0.4, -0.2) is 35.4 Å². The SMILES string of the molecule is O=C(CN1CCCCC1)Nc1cccc(-c2cc3ccccc3[nH]2)c1. The zero-order valence-corrected chi connectivity index (χ0v) is 14.3. The zero-order valence-electron chi connectivity index (χ0n) is 14.3. The molecule has 0 saturated carbocycles. The lowest BCUT2D eigenvalue weighted by atomic mass is 10.1. The first kappa shape index (κ1) is 15.9. The summed E-state index contributed by atoms with van der Waals surface area (Å²) >= 11 is 0. The predicted molar refractivity (Wildman–Crippen MR) is 103 cm³/mol. The summed E-state index contributed by atoms with van der Waals surface area (Å²) in [4.78, 5) is 18.0. The number of aromatic nitrogens is 1. The molecule has 1 aliphatic heterocycles. The van der Waals surface area contributed by atoms with E-state index in [2.05, 4.69) is 39.5 Å². The molecule has 0 radical (unpaired) electrons. The van der Waals surface area contributed by atoms with Crippen molar-refractivity contribution in [1.82, 2.24) is 9.88 Å². The average molecular weight is 333 g/mol. The minimum atomic E-state index is 0.0655. The summed E-state index contributed by atoms with van der Waals surface area (Å²) in [6.45, 7) is 2.54. The van der Waals surface area contributed by atoms with Crippen molar-refractivity contribution in [3.8, 4) is 11.3 Å². The molecule has 0 atom stereocenters. The Labute approximate surface area is 147 Å². The van der Waals surface area contributed by atoms with Gasteiger partial charge in [-0.05, 0) is 50.2 Å². The quantitative estimate of drug-likeness (QED) is 0.749. The van der Waals surface area contributed by atoms with Crippen molar-refractivity contribution >= 4 is 22.5 Å². The summed E-state index contributed by atoms with van der Waals surface area (Å²) in [6, 6.07) is 18.4. The molecule has 25 heavy (non-hydrogen) atoms. The molecule has 1 aromatic heterocycles. The van der Waals surface area contributed by atoms with Crippen LogP contribution in [0.3, 0.4) is 0 Å². The Morgan fingerprint density at radius 1 is 1.00 bits per heavy atom. The van der Waals surface area contributed by atoms with Gasteiger partial charge in [-0.25, -0.2) is 0 Å². The molecule has 2 heterocycles. The third-order valence-corrected chi connectivity index (χ3v) is 4.80. The van der Waals surface area contributed by atoms with Crippen LogP contribution in [-0.2, 0) is 4.79 Å². The lowest BCUT2D eigenvalue weighted by Crippen LogP contribution is -2.36. The summed E-state index contributed by atoms with van der Waals surface area (Å²) in [5, 5.41) is 4.23. The fourth-order valence-electron chi connectivity index (χ4n) is 3.51. The van der Waals surface area contributed by atoms with E-state index >= 15 is 0 Å². The Bertz CT molecular complexity index is 844. The van der Waals surface area contributed by atoms with Crippen LogP contribution in [0.1, 0.15) is 19.3 Å². The number of rotatable bonds is 4. The number of nitrogens with one attached hydrogen (secondary N) is 2. The number of carbonyl (C=O) groups is 1. The van der Waals surface area contributed by atoms with E-state index in [1.165, 1.54) is 24.6 Å². The Hall–Kier alpha value is -2.59. The number of para-hydroxylation sites is 1. The highest BCUT2D eigenvalue weighted by Gasteiger charge is 2.14. The molecule has 1 saturated heterocycles. The van der Waals surface area contributed by atoms with Gasteiger partial charge < -0.3 is 10.3 Å². The molecule has 0 unspecified atom stereocenters. The second-order valence-corrected chi connectivity index (χ2v) is 6.74. The predicted octanol–water partition coefficient (Wildman–Crippen LogP) is 4.26. The van der Waals surface area contributed by atoms with Gasteiger partial charge in [0, 0.05) is 27.8 Å². The van der Waals surface area contributed by atoms with Gasteiger partial charge in [0.1, 0.15) is 0 Å². The van der Waals surface area contributed by atoms with Gasteiger partial charge in [-0.15, -0.1) is 0 Å². The van der Waals surface area contributed by atoms with Crippen LogP contribution >= 0.6 is 0 Å². The molecule has 2 N–H and O–H groups in total. The molecule has 128 valence electrons. The summed E-state index contributed by atoms with van der Waals surface area (Å²) in [6.07, 6.45) is 3.68. The fraction of sp³-hybridized carbons (Fsp3) is 0.286. The first-order valence-corrected chi connectivity index (χ1v) is 8.98. The van der Waals surface area contributed by atoms with Crippen LogP contribution in [0.15, 0.2) is 54.6 Å². The Morgan fingerprint density at radius 2 is 1.84 bits per heavy atom. The molecule has 4 nitrogen and oxygen atoms in total. The first-order valence-electron chi connectivity index (χ1n) is 8.98. The molecular weight excluding hydrogens is 310 g/mol. The number of aromatic amines is 1. The summed E-state index contributed by atoms with van der Waals surface area (Å²) in [5.74, 6) is 0.0655. The van der Waals surface area contributed by atoms with E-state index in [0.717, 1.165) is 35.6 Å². The van der Waals surface area contributed by atoms with Crippen molar-refractivity contribution in [2.45, 2.75) is 19.3 Å². The molecular formula is C21H23N3O. The van der Waals surface area contributed by atoms with Crippen LogP contribution < -0.4 is 5.32 Å². The topological polar surface area (TPSA) is 48.1 Å². The standard InChI is InChI=1S/C21H23N3O/c25-21(15-24-11-4-1-5-12-24)22-18-9-6-8-16(13-18)20-14-17-7-2-3-10-19(17)23-20/h2-3,6-10,13-14,23H,1,4-5,11-12,15H2,(H,22,25). The fourth-order valence-corrected chi connectivity index (χ4v) is 3.51. The van der Waals surface area contributed by atoms with Crippen LogP contribution in [0.5, 0.6) is 0 Å². The molecule has 1 fully saturated rings. The van der Waals surface area contributed by atoms with E-state index < -0.39 is 0 Å². The van der Waals surface area contributed by atoms with Crippen LogP contribution in [0.4, 0.5) is 5.69 Å². The van der Waals surface area contributed by atoms with Crippen molar-refractivity contribution in [2.75, 3.05) is 25.0 Å². The smallest absolute Gasteiger partial charge is 0.238 e. The second-order valence-electron chi connectivity index (χ2n) is 6.74. The van der Waals surface area contributed by atoms with E-state index in [1.54, 1.807) is 0 Å². The molecule has 2 aromatic carbocycles. The largest absolute Gasteiger partial charge is 0.355 e. The van der Waals surface area contributed by atoms with Crippen molar-refractivity contribution in [1.29, 1.82) is 0 Å². The number of likely N-dealkylation sites (tertiary alicyclic amines) is 1. The van der Waals surface area contributed by atoms with Gasteiger partial charge in [-0.2, -0.15) is 0 Å². The van der Waals surface area contributed by atoms with E-state index in [0.29, 0.717) is 6.54 Å². The number of hydrogen-bond donors (Lipinski definition) is 2. The van der Waals surface area contributed by atoms with Crippen molar-refractivity contribution in [2.24, 2.45) is 0 Å². The molecule has 0 spiro atoms. The van der Waals surface area contributed by atoms with Crippen molar-refractivity contribution < 1.29 is 4.79 Å². The highest BCUT2D eigenvalue weighted by atomic mass is 16.2. The summed E-state index contributed by atoms with van der Waals surface area (Å²) in [7, 11) is 0. The summed E-state index contributed by atoms with van der Waals surface area (Å²) in [5.41, 5.74) is 4.11. The number of hydrogen-bond acceptors (Lipinski definition) is 2. The third kappa shape index (κ3) is 3.74. The average Bonchev–Trinajstić information content (AvgIpc) is 3.07. The number of amides is 1. The highest BCUT2D eigenvalue weighted by Crippen LogP contribution is 2.26. The number of piperidine rings is 1. The number of benzene rings is 2. The van der Waals surface area contributed by atoms with Crippen LogP contribution in [0.25, 0.3) is 22.2 Å². The van der Waals surface area contributed by atoms with Crippen molar-refractivity contribution in [3.63, 3.8) is 0 Å². The van der Waals surface area contributed by atoms with Crippen LogP contribution in [0.2, 0.25) is 0 Å². The van der Waals surface area contributed by atoms with E-state index in [4.69, 9.17) is 0 Å². The number of nitrogens with zero attached hydrogens (tertiary/aromatic N) is 1. The Balaban J connectivity index is 1.48. The van der Waals surface area contributed by atoms with Gasteiger partial charge in [-0.1, -0.05) is 36.8 Å².